The van der Waals surface area contributed by atoms with Crippen LogP contribution < -0.4 is 20.5 Å². The molecule has 1 aromatic rings. The molecular formula is C14H22N2O3. The Hall–Kier alpha value is -1.91. The van der Waals surface area contributed by atoms with Gasteiger partial charge in [0, 0.05) is 12.1 Å². The van der Waals surface area contributed by atoms with E-state index in [1.807, 2.05) is 6.92 Å². The van der Waals surface area contributed by atoms with Crippen LogP contribution in [0, 0.1) is 0 Å². The molecule has 0 aliphatic rings. The van der Waals surface area contributed by atoms with Crippen molar-refractivity contribution in [3.8, 4) is 11.5 Å². The SMILES string of the molecule is CCCC(C)NC(=O)COc1cc(OC)ccc1N. The second kappa shape index (κ2) is 7.51. The number of carbonyl (C=O) groups is 1. The summed E-state index contributed by atoms with van der Waals surface area (Å²) in [6, 6.07) is 5.25. The standard InChI is InChI=1S/C14H22N2O3/c1-4-5-10(2)16-14(17)9-19-13-8-11(18-3)6-7-12(13)15/h6-8,10H,4-5,9,15H2,1-3H3,(H,16,17). The molecule has 0 aromatic heterocycles. The minimum Gasteiger partial charge on any atom is -0.497 e. The van der Waals surface area contributed by atoms with Gasteiger partial charge in [-0.25, -0.2) is 0 Å². The van der Waals surface area contributed by atoms with E-state index in [-0.39, 0.29) is 18.6 Å². The second-order valence-electron chi connectivity index (χ2n) is 4.45. The van der Waals surface area contributed by atoms with Gasteiger partial charge in [-0.1, -0.05) is 13.3 Å². The Morgan fingerprint density at radius 3 is 2.84 bits per heavy atom. The minimum atomic E-state index is -0.150. The van der Waals surface area contributed by atoms with Crippen LogP contribution in [0.2, 0.25) is 0 Å². The van der Waals surface area contributed by atoms with Crippen LogP contribution in [0.15, 0.2) is 18.2 Å². The van der Waals surface area contributed by atoms with Crippen LogP contribution in [0.3, 0.4) is 0 Å². The summed E-state index contributed by atoms with van der Waals surface area (Å²) < 4.78 is 10.5. The molecule has 1 amide bonds. The maximum Gasteiger partial charge on any atom is 0.258 e. The van der Waals surface area contributed by atoms with Crippen molar-refractivity contribution in [2.24, 2.45) is 0 Å². The van der Waals surface area contributed by atoms with Crippen LogP contribution in [-0.2, 0) is 4.79 Å². The number of amides is 1. The topological polar surface area (TPSA) is 73.6 Å². The number of benzene rings is 1. The van der Waals surface area contributed by atoms with E-state index in [2.05, 4.69) is 12.2 Å². The van der Waals surface area contributed by atoms with Gasteiger partial charge in [0.2, 0.25) is 0 Å². The largest absolute Gasteiger partial charge is 0.497 e. The number of nitrogen functional groups attached to an aromatic ring is 1. The predicted molar refractivity (Wildman–Crippen MR) is 75.4 cm³/mol. The Bertz CT molecular complexity index is 421. The van der Waals surface area contributed by atoms with Crippen molar-refractivity contribution in [3.63, 3.8) is 0 Å². The highest BCUT2D eigenvalue weighted by atomic mass is 16.5. The van der Waals surface area contributed by atoms with Gasteiger partial charge in [-0.2, -0.15) is 0 Å². The molecule has 0 radical (unpaired) electrons. The van der Waals surface area contributed by atoms with Crippen LogP contribution in [0.25, 0.3) is 0 Å². The number of hydrogen-bond donors (Lipinski definition) is 2. The molecule has 0 aliphatic heterocycles. The monoisotopic (exact) mass is 266 g/mol. The normalized spacial score (nSPS) is 11.7. The summed E-state index contributed by atoms with van der Waals surface area (Å²) in [6.07, 6.45) is 1.98. The van der Waals surface area contributed by atoms with Crippen molar-refractivity contribution in [3.05, 3.63) is 18.2 Å². The highest BCUT2D eigenvalue weighted by molar-refractivity contribution is 5.78. The zero-order chi connectivity index (χ0) is 14.3. The molecule has 1 aromatic carbocycles. The molecular weight excluding hydrogens is 244 g/mol. The summed E-state index contributed by atoms with van der Waals surface area (Å²) in [5.41, 5.74) is 6.25. The highest BCUT2D eigenvalue weighted by Gasteiger charge is 2.09. The van der Waals surface area contributed by atoms with Crippen molar-refractivity contribution in [2.75, 3.05) is 19.5 Å². The van der Waals surface area contributed by atoms with E-state index < -0.39 is 0 Å². The first-order chi connectivity index (χ1) is 9.06. The predicted octanol–water partition coefficient (Wildman–Crippen LogP) is 1.96. The van der Waals surface area contributed by atoms with Crippen molar-refractivity contribution in [2.45, 2.75) is 32.7 Å². The van der Waals surface area contributed by atoms with E-state index in [9.17, 15) is 4.79 Å². The van der Waals surface area contributed by atoms with Gasteiger partial charge in [0.25, 0.3) is 5.91 Å². The molecule has 3 N–H and O–H groups in total. The summed E-state index contributed by atoms with van der Waals surface area (Å²) in [5.74, 6) is 0.949. The molecule has 0 bridgehead atoms. The first-order valence-corrected chi connectivity index (χ1v) is 6.42. The zero-order valence-corrected chi connectivity index (χ0v) is 11.7. The Balaban J connectivity index is 2.50. The van der Waals surface area contributed by atoms with Crippen LogP contribution in [0.5, 0.6) is 11.5 Å². The van der Waals surface area contributed by atoms with Gasteiger partial charge in [0.15, 0.2) is 6.61 Å². The van der Waals surface area contributed by atoms with Crippen molar-refractivity contribution >= 4 is 11.6 Å². The lowest BCUT2D eigenvalue weighted by atomic mass is 10.2. The summed E-state index contributed by atoms with van der Waals surface area (Å²) in [4.78, 5) is 11.7. The first kappa shape index (κ1) is 15.1. The molecule has 0 aliphatic carbocycles. The zero-order valence-electron chi connectivity index (χ0n) is 11.7. The van der Waals surface area contributed by atoms with Crippen molar-refractivity contribution in [1.29, 1.82) is 0 Å². The quantitative estimate of drug-likeness (QED) is 0.740. The lowest BCUT2D eigenvalue weighted by Gasteiger charge is -2.14. The molecule has 0 saturated heterocycles. The number of nitrogens with one attached hydrogen (secondary N) is 1. The smallest absolute Gasteiger partial charge is 0.258 e. The fourth-order valence-corrected chi connectivity index (χ4v) is 1.73. The maximum atomic E-state index is 11.7. The van der Waals surface area contributed by atoms with Gasteiger partial charge in [0.1, 0.15) is 11.5 Å². The van der Waals surface area contributed by atoms with Gasteiger partial charge in [-0.05, 0) is 25.5 Å². The number of carbonyl (C=O) groups excluding carboxylic acids is 1. The van der Waals surface area contributed by atoms with Gasteiger partial charge < -0.3 is 20.5 Å². The van der Waals surface area contributed by atoms with Gasteiger partial charge in [-0.15, -0.1) is 0 Å². The summed E-state index contributed by atoms with van der Waals surface area (Å²) in [5, 5.41) is 2.86. The molecule has 0 heterocycles. The highest BCUT2D eigenvalue weighted by Crippen LogP contribution is 2.26. The molecule has 106 valence electrons. The summed E-state index contributed by atoms with van der Waals surface area (Å²) in [6.45, 7) is 4.00. The lowest BCUT2D eigenvalue weighted by Crippen LogP contribution is -2.36. The number of hydrogen-bond acceptors (Lipinski definition) is 4. The van der Waals surface area contributed by atoms with Crippen molar-refractivity contribution < 1.29 is 14.3 Å². The van der Waals surface area contributed by atoms with Gasteiger partial charge in [0.05, 0.1) is 12.8 Å². The van der Waals surface area contributed by atoms with Gasteiger partial charge in [-0.3, -0.25) is 4.79 Å². The Kier molecular flexibility index (Phi) is 5.99. The maximum absolute atomic E-state index is 11.7. The molecule has 19 heavy (non-hydrogen) atoms. The fraction of sp³-hybridized carbons (Fsp3) is 0.500. The van der Waals surface area contributed by atoms with Crippen LogP contribution in [0.1, 0.15) is 26.7 Å². The van der Waals surface area contributed by atoms with Gasteiger partial charge >= 0.3 is 0 Å². The molecule has 0 saturated carbocycles. The molecule has 5 nitrogen and oxygen atoms in total. The Labute approximate surface area is 114 Å². The first-order valence-electron chi connectivity index (χ1n) is 6.42. The second-order valence-corrected chi connectivity index (χ2v) is 4.45. The van der Waals surface area contributed by atoms with Crippen LogP contribution >= 0.6 is 0 Å². The molecule has 1 atom stereocenters. The van der Waals surface area contributed by atoms with E-state index in [1.54, 1.807) is 25.3 Å². The summed E-state index contributed by atoms with van der Waals surface area (Å²) >= 11 is 0. The third-order valence-corrected chi connectivity index (χ3v) is 2.71. The molecule has 1 rings (SSSR count). The van der Waals surface area contributed by atoms with E-state index in [0.29, 0.717) is 17.2 Å². The van der Waals surface area contributed by atoms with E-state index in [4.69, 9.17) is 15.2 Å². The van der Waals surface area contributed by atoms with E-state index in [1.165, 1.54) is 0 Å². The molecule has 0 fully saturated rings. The fourth-order valence-electron chi connectivity index (χ4n) is 1.73. The van der Waals surface area contributed by atoms with Crippen molar-refractivity contribution in [1.82, 2.24) is 5.32 Å². The lowest BCUT2D eigenvalue weighted by molar-refractivity contribution is -0.123. The number of rotatable bonds is 7. The number of ether oxygens (including phenoxy) is 2. The number of methoxy groups -OCH3 is 1. The summed E-state index contributed by atoms with van der Waals surface area (Å²) in [7, 11) is 1.56. The minimum absolute atomic E-state index is 0.0502. The molecule has 5 heteroatoms. The average Bonchev–Trinajstić information content (AvgIpc) is 2.38. The van der Waals surface area contributed by atoms with E-state index >= 15 is 0 Å². The third-order valence-electron chi connectivity index (χ3n) is 2.71. The Morgan fingerprint density at radius 1 is 1.47 bits per heavy atom. The molecule has 1 unspecified atom stereocenters. The number of anilines is 1. The molecule has 0 spiro atoms. The van der Waals surface area contributed by atoms with Crippen LogP contribution in [-0.4, -0.2) is 25.7 Å². The van der Waals surface area contributed by atoms with E-state index in [0.717, 1.165) is 12.8 Å². The third kappa shape index (κ3) is 5.07. The average molecular weight is 266 g/mol. The number of nitrogens with two attached hydrogens (primary N) is 1. The van der Waals surface area contributed by atoms with Crippen LogP contribution in [0.4, 0.5) is 5.69 Å². The Morgan fingerprint density at radius 2 is 2.21 bits per heavy atom.